The lowest BCUT2D eigenvalue weighted by Gasteiger charge is -2.23. The number of fused-ring (bicyclic) bond motifs is 1. The number of hydrogen-bond donors (Lipinski definition) is 0. The maximum Gasteiger partial charge on any atom is 0.231 e. The summed E-state index contributed by atoms with van der Waals surface area (Å²) in [6.45, 7) is 5.14. The van der Waals surface area contributed by atoms with Crippen LogP contribution in [0.5, 0.6) is 11.5 Å². The van der Waals surface area contributed by atoms with Crippen molar-refractivity contribution in [2.24, 2.45) is 5.92 Å². The smallest absolute Gasteiger partial charge is 0.231 e. The summed E-state index contributed by atoms with van der Waals surface area (Å²) < 4.78 is 10.7. The van der Waals surface area contributed by atoms with E-state index in [-0.39, 0.29) is 12.7 Å². The number of rotatable bonds is 5. The second kappa shape index (κ2) is 5.35. The topological polar surface area (TPSA) is 38.8 Å². The molecule has 1 heterocycles. The second-order valence-corrected chi connectivity index (χ2v) is 6.04. The third-order valence-corrected chi connectivity index (χ3v) is 3.68. The summed E-state index contributed by atoms with van der Waals surface area (Å²) in [5, 5.41) is 0. The van der Waals surface area contributed by atoms with Gasteiger partial charge in [-0.25, -0.2) is 0 Å². The molecule has 0 N–H and O–H groups in total. The van der Waals surface area contributed by atoms with Gasteiger partial charge in [0, 0.05) is 19.0 Å². The molecule has 108 valence electrons. The zero-order valence-electron chi connectivity index (χ0n) is 12.1. The fraction of sp³-hybridized carbons (Fsp3) is 0.562. The van der Waals surface area contributed by atoms with Gasteiger partial charge in [0.05, 0.1) is 0 Å². The molecule has 0 atom stereocenters. The molecule has 1 fully saturated rings. The van der Waals surface area contributed by atoms with Gasteiger partial charge in [-0.2, -0.15) is 0 Å². The molecule has 20 heavy (non-hydrogen) atoms. The fourth-order valence-electron chi connectivity index (χ4n) is 2.51. The Bertz CT molecular complexity index is 508. The lowest BCUT2D eigenvalue weighted by Crippen LogP contribution is -2.33. The average molecular weight is 275 g/mol. The first kappa shape index (κ1) is 13.3. The van der Waals surface area contributed by atoms with Gasteiger partial charge in [-0.1, -0.05) is 19.9 Å². The predicted octanol–water partition coefficient (Wildman–Crippen LogP) is 2.95. The van der Waals surface area contributed by atoms with Gasteiger partial charge in [0.2, 0.25) is 12.7 Å². The summed E-state index contributed by atoms with van der Waals surface area (Å²) in [6.07, 6.45) is 2.89. The van der Waals surface area contributed by atoms with Crippen molar-refractivity contribution in [1.29, 1.82) is 0 Å². The summed E-state index contributed by atoms with van der Waals surface area (Å²) >= 11 is 0. The Morgan fingerprint density at radius 2 is 2.05 bits per heavy atom. The van der Waals surface area contributed by atoms with Gasteiger partial charge < -0.3 is 14.4 Å². The molecule has 3 rings (SSSR count). The van der Waals surface area contributed by atoms with Crippen molar-refractivity contribution >= 4 is 5.91 Å². The van der Waals surface area contributed by atoms with E-state index in [2.05, 4.69) is 13.8 Å². The Kier molecular flexibility index (Phi) is 3.55. The lowest BCUT2D eigenvalue weighted by atomic mass is 10.1. The molecule has 0 spiro atoms. The van der Waals surface area contributed by atoms with Crippen LogP contribution in [0.1, 0.15) is 38.7 Å². The van der Waals surface area contributed by atoms with Crippen LogP contribution in [0.15, 0.2) is 18.2 Å². The van der Waals surface area contributed by atoms with Gasteiger partial charge in [-0.05, 0) is 36.5 Å². The molecule has 2 aliphatic rings. The highest BCUT2D eigenvalue weighted by molar-refractivity contribution is 5.77. The molecule has 0 radical (unpaired) electrons. The van der Waals surface area contributed by atoms with Crippen molar-refractivity contribution in [2.45, 2.75) is 45.7 Å². The molecule has 1 aliphatic heterocycles. The van der Waals surface area contributed by atoms with Crippen molar-refractivity contribution in [2.75, 3.05) is 6.79 Å². The standard InChI is InChI=1S/C16H21NO3/c1-11(2)7-16(18)17(13-4-5-13)9-12-3-6-14-15(8-12)20-10-19-14/h3,6,8,11,13H,4-5,7,9-10H2,1-2H3. The number of carbonyl (C=O) groups is 1. The van der Waals surface area contributed by atoms with Gasteiger partial charge >= 0.3 is 0 Å². The van der Waals surface area contributed by atoms with Crippen LogP contribution in [-0.2, 0) is 11.3 Å². The van der Waals surface area contributed by atoms with Crippen molar-refractivity contribution in [3.63, 3.8) is 0 Å². The van der Waals surface area contributed by atoms with Crippen molar-refractivity contribution in [1.82, 2.24) is 4.90 Å². The van der Waals surface area contributed by atoms with Crippen LogP contribution in [0.25, 0.3) is 0 Å². The number of benzene rings is 1. The minimum atomic E-state index is 0.264. The zero-order valence-corrected chi connectivity index (χ0v) is 12.1. The molecule has 1 aromatic rings. The SMILES string of the molecule is CC(C)CC(=O)N(Cc1ccc2c(c1)OCO2)C1CC1. The number of hydrogen-bond acceptors (Lipinski definition) is 3. The highest BCUT2D eigenvalue weighted by Crippen LogP contribution is 2.34. The highest BCUT2D eigenvalue weighted by atomic mass is 16.7. The van der Waals surface area contributed by atoms with Gasteiger partial charge in [0.1, 0.15) is 0 Å². The Morgan fingerprint density at radius 1 is 1.30 bits per heavy atom. The van der Waals surface area contributed by atoms with E-state index in [1.54, 1.807) is 0 Å². The maximum atomic E-state index is 12.3. The van der Waals surface area contributed by atoms with E-state index in [0.717, 1.165) is 29.9 Å². The van der Waals surface area contributed by atoms with E-state index in [9.17, 15) is 4.79 Å². The summed E-state index contributed by atoms with van der Waals surface area (Å²) in [5.74, 6) is 2.25. The van der Waals surface area contributed by atoms with Crippen LogP contribution < -0.4 is 9.47 Å². The highest BCUT2D eigenvalue weighted by Gasteiger charge is 2.32. The van der Waals surface area contributed by atoms with E-state index in [1.165, 1.54) is 0 Å². The number of nitrogens with zero attached hydrogens (tertiary/aromatic N) is 1. The average Bonchev–Trinajstić information content (AvgIpc) is 3.12. The quantitative estimate of drug-likeness (QED) is 0.829. The van der Waals surface area contributed by atoms with Crippen LogP contribution in [0, 0.1) is 5.92 Å². The second-order valence-electron chi connectivity index (χ2n) is 6.04. The first-order valence-electron chi connectivity index (χ1n) is 7.31. The molecule has 0 aromatic heterocycles. The minimum Gasteiger partial charge on any atom is -0.454 e. The summed E-state index contributed by atoms with van der Waals surface area (Å²) in [4.78, 5) is 14.4. The summed E-state index contributed by atoms with van der Waals surface area (Å²) in [7, 11) is 0. The first-order valence-corrected chi connectivity index (χ1v) is 7.31. The van der Waals surface area contributed by atoms with Crippen molar-refractivity contribution in [3.8, 4) is 11.5 Å². The molecule has 1 aliphatic carbocycles. The van der Waals surface area contributed by atoms with Gasteiger partial charge in [0.25, 0.3) is 0 Å². The normalized spacial score (nSPS) is 16.6. The van der Waals surface area contributed by atoms with E-state index >= 15 is 0 Å². The number of amides is 1. The first-order chi connectivity index (χ1) is 9.63. The van der Waals surface area contributed by atoms with Crippen LogP contribution in [0.2, 0.25) is 0 Å². The van der Waals surface area contributed by atoms with Crippen molar-refractivity contribution in [3.05, 3.63) is 23.8 Å². The molecular formula is C16H21NO3. The molecule has 0 unspecified atom stereocenters. The van der Waals surface area contributed by atoms with Gasteiger partial charge in [-0.15, -0.1) is 0 Å². The molecule has 0 saturated heterocycles. The minimum absolute atomic E-state index is 0.264. The maximum absolute atomic E-state index is 12.3. The summed E-state index contributed by atoms with van der Waals surface area (Å²) in [6, 6.07) is 6.37. The molecule has 4 heteroatoms. The number of carbonyl (C=O) groups excluding carboxylic acids is 1. The van der Waals surface area contributed by atoms with Crippen LogP contribution in [0.4, 0.5) is 0 Å². The molecule has 1 saturated carbocycles. The van der Waals surface area contributed by atoms with E-state index < -0.39 is 0 Å². The number of ether oxygens (including phenoxy) is 2. The van der Waals surface area contributed by atoms with E-state index in [4.69, 9.17) is 9.47 Å². The molecular weight excluding hydrogens is 254 g/mol. The Balaban J connectivity index is 1.71. The lowest BCUT2D eigenvalue weighted by molar-refractivity contribution is -0.133. The Labute approximate surface area is 119 Å². The largest absolute Gasteiger partial charge is 0.454 e. The van der Waals surface area contributed by atoms with Crippen molar-refractivity contribution < 1.29 is 14.3 Å². The van der Waals surface area contributed by atoms with E-state index in [1.807, 2.05) is 23.1 Å². The molecule has 1 aromatic carbocycles. The molecule has 1 amide bonds. The van der Waals surface area contributed by atoms with E-state index in [0.29, 0.717) is 24.9 Å². The van der Waals surface area contributed by atoms with Crippen LogP contribution in [0.3, 0.4) is 0 Å². The predicted molar refractivity (Wildman–Crippen MR) is 75.6 cm³/mol. The third kappa shape index (κ3) is 2.89. The van der Waals surface area contributed by atoms with Gasteiger partial charge in [0.15, 0.2) is 11.5 Å². The zero-order chi connectivity index (χ0) is 14.1. The fourth-order valence-corrected chi connectivity index (χ4v) is 2.51. The van der Waals surface area contributed by atoms with Gasteiger partial charge in [-0.3, -0.25) is 4.79 Å². The van der Waals surface area contributed by atoms with Crippen LogP contribution >= 0.6 is 0 Å². The Morgan fingerprint density at radius 3 is 2.75 bits per heavy atom. The molecule has 4 nitrogen and oxygen atoms in total. The third-order valence-electron chi connectivity index (χ3n) is 3.68. The molecule has 0 bridgehead atoms. The van der Waals surface area contributed by atoms with Crippen LogP contribution in [-0.4, -0.2) is 23.6 Å². The Hall–Kier alpha value is -1.71. The monoisotopic (exact) mass is 275 g/mol. The summed E-state index contributed by atoms with van der Waals surface area (Å²) in [5.41, 5.74) is 1.11.